The minimum Gasteiger partial charge on any atom is -0.493 e. The Morgan fingerprint density at radius 3 is 2.68 bits per heavy atom. The number of fused-ring (bicyclic) bond motifs is 1. The van der Waals surface area contributed by atoms with Gasteiger partial charge in [-0.25, -0.2) is 4.98 Å². The third kappa shape index (κ3) is 4.36. The van der Waals surface area contributed by atoms with Gasteiger partial charge in [0.2, 0.25) is 5.91 Å². The molecular weight excluding hydrogens is 416 g/mol. The molecule has 0 aliphatic rings. The number of carbonyl (C=O) groups excluding carboxylic acids is 2. The summed E-state index contributed by atoms with van der Waals surface area (Å²) in [4.78, 5) is 32.1. The molecule has 0 saturated carbocycles. The van der Waals surface area contributed by atoms with Crippen LogP contribution in [0, 0.1) is 0 Å². The Morgan fingerprint density at radius 2 is 1.87 bits per heavy atom. The molecule has 0 radical (unpaired) electrons. The number of nitrogens with zero attached hydrogens (tertiary/aromatic N) is 1. The lowest BCUT2D eigenvalue weighted by molar-refractivity contribution is -0.121. The smallest absolute Gasteiger partial charge is 0.289 e. The van der Waals surface area contributed by atoms with Crippen LogP contribution < -0.4 is 20.3 Å². The van der Waals surface area contributed by atoms with Gasteiger partial charge in [-0.1, -0.05) is 18.2 Å². The molecule has 0 saturated heterocycles. The summed E-state index contributed by atoms with van der Waals surface area (Å²) < 4.78 is 10.5. The van der Waals surface area contributed by atoms with Crippen molar-refractivity contribution in [3.8, 4) is 22.1 Å². The molecule has 0 aliphatic carbocycles. The highest BCUT2D eigenvalue weighted by atomic mass is 32.1. The molecule has 4 aromatic rings. The van der Waals surface area contributed by atoms with E-state index in [0.29, 0.717) is 16.5 Å². The molecule has 2 heterocycles. The number of carbonyl (C=O) groups is 2. The van der Waals surface area contributed by atoms with E-state index in [1.165, 1.54) is 11.3 Å². The first-order valence-corrected chi connectivity index (χ1v) is 10.3. The van der Waals surface area contributed by atoms with E-state index >= 15 is 0 Å². The van der Waals surface area contributed by atoms with Crippen LogP contribution in [-0.2, 0) is 11.2 Å². The molecule has 2 aromatic heterocycles. The molecule has 2 amide bonds. The summed E-state index contributed by atoms with van der Waals surface area (Å²) in [5.41, 5.74) is 7.68. The van der Waals surface area contributed by atoms with Crippen LogP contribution >= 0.6 is 11.3 Å². The number of amides is 2. The first-order valence-electron chi connectivity index (χ1n) is 9.41. The third-order valence-electron chi connectivity index (χ3n) is 4.71. The van der Waals surface area contributed by atoms with Gasteiger partial charge >= 0.3 is 0 Å². The number of para-hydroxylation sites is 1. The number of thiazole rings is 1. The van der Waals surface area contributed by atoms with Crippen LogP contribution in [0.15, 0.2) is 54.0 Å². The zero-order chi connectivity index (χ0) is 21.8. The van der Waals surface area contributed by atoms with Gasteiger partial charge in [0.25, 0.3) is 5.91 Å². The molecule has 8 nitrogen and oxygen atoms in total. The van der Waals surface area contributed by atoms with E-state index in [0.717, 1.165) is 22.0 Å². The molecular formula is C22H20N4O4S. The summed E-state index contributed by atoms with van der Waals surface area (Å²) in [7, 11) is 3.12. The monoisotopic (exact) mass is 436 g/mol. The van der Waals surface area contributed by atoms with Gasteiger partial charge in [0.1, 0.15) is 10.7 Å². The van der Waals surface area contributed by atoms with Gasteiger partial charge in [0.15, 0.2) is 11.5 Å². The summed E-state index contributed by atoms with van der Waals surface area (Å²) >= 11 is 1.32. The number of hydrogen-bond acceptors (Lipinski definition) is 6. The minimum atomic E-state index is -0.491. The lowest BCUT2D eigenvalue weighted by atomic mass is 10.1. The number of nitrogens with one attached hydrogen (secondary N) is 3. The molecule has 3 N–H and O–H groups in total. The fraction of sp³-hybridized carbons (Fsp3) is 0.136. The van der Waals surface area contributed by atoms with E-state index in [2.05, 4.69) is 20.8 Å². The highest BCUT2D eigenvalue weighted by Gasteiger charge is 2.15. The highest BCUT2D eigenvalue weighted by molar-refractivity contribution is 7.13. The maximum Gasteiger partial charge on any atom is 0.289 e. The quantitative estimate of drug-likeness (QED) is 0.402. The standard InChI is InChI=1S/C22H20N4O4S/c1-29-18-8-7-13(9-19(18)30-2)22-24-17(12-31-22)21(28)26-25-20(27)10-14-11-23-16-6-4-3-5-15(14)16/h3-9,11-12,23H,10H2,1-2H3,(H,25,27)(H,26,28). The number of hydrazine groups is 1. The predicted molar refractivity (Wildman–Crippen MR) is 118 cm³/mol. The average molecular weight is 436 g/mol. The van der Waals surface area contributed by atoms with Crippen LogP contribution in [-0.4, -0.2) is 36.0 Å². The first-order chi connectivity index (χ1) is 15.1. The van der Waals surface area contributed by atoms with E-state index in [9.17, 15) is 9.59 Å². The van der Waals surface area contributed by atoms with E-state index in [4.69, 9.17) is 9.47 Å². The van der Waals surface area contributed by atoms with E-state index < -0.39 is 5.91 Å². The molecule has 0 atom stereocenters. The second-order valence-corrected chi connectivity index (χ2v) is 7.50. The van der Waals surface area contributed by atoms with Crippen LogP contribution in [0.5, 0.6) is 11.5 Å². The van der Waals surface area contributed by atoms with E-state index in [1.54, 1.807) is 37.9 Å². The molecule has 0 unspecified atom stereocenters. The van der Waals surface area contributed by atoms with Crippen molar-refractivity contribution in [2.75, 3.05) is 14.2 Å². The molecule has 158 valence electrons. The van der Waals surface area contributed by atoms with Crippen molar-refractivity contribution in [3.63, 3.8) is 0 Å². The number of rotatable bonds is 6. The van der Waals surface area contributed by atoms with Crippen molar-refractivity contribution in [1.29, 1.82) is 0 Å². The van der Waals surface area contributed by atoms with Crippen LogP contribution in [0.1, 0.15) is 16.1 Å². The lowest BCUT2D eigenvalue weighted by Gasteiger charge is -2.08. The Labute approximate surface area is 182 Å². The number of aromatic amines is 1. The van der Waals surface area contributed by atoms with Gasteiger partial charge < -0.3 is 14.5 Å². The van der Waals surface area contributed by atoms with Crippen LogP contribution in [0.2, 0.25) is 0 Å². The predicted octanol–water partition coefficient (Wildman–Crippen LogP) is 3.31. The van der Waals surface area contributed by atoms with Gasteiger partial charge in [0, 0.05) is 28.0 Å². The van der Waals surface area contributed by atoms with Gasteiger partial charge in [-0.2, -0.15) is 0 Å². The van der Waals surface area contributed by atoms with Crippen molar-refractivity contribution >= 4 is 34.1 Å². The molecule has 9 heteroatoms. The third-order valence-corrected chi connectivity index (χ3v) is 5.60. The zero-order valence-corrected chi connectivity index (χ0v) is 17.7. The van der Waals surface area contributed by atoms with E-state index in [1.807, 2.05) is 30.3 Å². The molecule has 0 spiro atoms. The fourth-order valence-electron chi connectivity index (χ4n) is 3.17. The second kappa shape index (κ2) is 8.88. The van der Waals surface area contributed by atoms with Gasteiger partial charge in [0.05, 0.1) is 20.6 Å². The fourth-order valence-corrected chi connectivity index (χ4v) is 3.96. The summed E-state index contributed by atoms with van der Waals surface area (Å²) in [6.45, 7) is 0. The molecule has 0 aliphatic heterocycles. The average Bonchev–Trinajstić information content (AvgIpc) is 3.45. The molecule has 2 aromatic carbocycles. The highest BCUT2D eigenvalue weighted by Crippen LogP contribution is 2.33. The van der Waals surface area contributed by atoms with Crippen LogP contribution in [0.3, 0.4) is 0 Å². The normalized spacial score (nSPS) is 10.6. The van der Waals surface area contributed by atoms with E-state index in [-0.39, 0.29) is 18.0 Å². The second-order valence-electron chi connectivity index (χ2n) is 6.65. The van der Waals surface area contributed by atoms with Gasteiger partial charge in [-0.3, -0.25) is 20.4 Å². The largest absolute Gasteiger partial charge is 0.493 e. The topological polar surface area (TPSA) is 105 Å². The summed E-state index contributed by atoms with van der Waals surface area (Å²) in [6, 6.07) is 13.1. The number of methoxy groups -OCH3 is 2. The maximum absolute atomic E-state index is 12.4. The zero-order valence-electron chi connectivity index (χ0n) is 16.9. The number of hydrogen-bond donors (Lipinski definition) is 3. The van der Waals surface area contributed by atoms with Crippen molar-refractivity contribution in [2.45, 2.75) is 6.42 Å². The van der Waals surface area contributed by atoms with Crippen molar-refractivity contribution in [2.24, 2.45) is 0 Å². The Kier molecular flexibility index (Phi) is 5.85. The molecule has 4 rings (SSSR count). The van der Waals surface area contributed by atoms with Crippen molar-refractivity contribution < 1.29 is 19.1 Å². The summed E-state index contributed by atoms with van der Waals surface area (Å²) in [5.74, 6) is 0.369. The van der Waals surface area contributed by atoms with Crippen molar-refractivity contribution in [3.05, 3.63) is 65.3 Å². The molecule has 0 bridgehead atoms. The summed E-state index contributed by atoms with van der Waals surface area (Å²) in [5, 5.41) is 3.26. The minimum absolute atomic E-state index is 0.137. The Hall–Kier alpha value is -3.85. The Balaban J connectivity index is 1.38. The number of ether oxygens (including phenoxy) is 2. The van der Waals surface area contributed by atoms with Crippen LogP contribution in [0.4, 0.5) is 0 Å². The Bertz CT molecular complexity index is 1250. The SMILES string of the molecule is COc1ccc(-c2nc(C(=O)NNC(=O)Cc3c[nH]c4ccccc34)cs2)cc1OC. The van der Waals surface area contributed by atoms with Gasteiger partial charge in [-0.15, -0.1) is 11.3 Å². The lowest BCUT2D eigenvalue weighted by Crippen LogP contribution is -2.42. The molecule has 0 fully saturated rings. The molecule has 31 heavy (non-hydrogen) atoms. The Morgan fingerprint density at radius 1 is 1.06 bits per heavy atom. The van der Waals surface area contributed by atoms with Crippen LogP contribution in [0.25, 0.3) is 21.5 Å². The van der Waals surface area contributed by atoms with Gasteiger partial charge in [-0.05, 0) is 29.8 Å². The summed E-state index contributed by atoms with van der Waals surface area (Å²) in [6.07, 6.45) is 1.93. The number of benzene rings is 2. The number of H-pyrrole nitrogens is 1. The van der Waals surface area contributed by atoms with Crippen molar-refractivity contribution in [1.82, 2.24) is 20.8 Å². The number of aromatic nitrogens is 2. The first kappa shape index (κ1) is 20.4. The maximum atomic E-state index is 12.4.